The number of sulfone groups is 2. The van der Waals surface area contributed by atoms with Gasteiger partial charge in [-0.05, 0) is 130 Å². The number of rotatable bonds is 4. The van der Waals surface area contributed by atoms with Gasteiger partial charge in [-0.2, -0.15) is 0 Å². The first-order valence-corrected chi connectivity index (χ1v) is 19.5. The molecular weight excluding hydrogens is 693 g/mol. The maximum absolute atomic E-state index is 13.5. The summed E-state index contributed by atoms with van der Waals surface area (Å²) in [4.78, 5) is -0.431. The first-order valence-electron chi connectivity index (χ1n) is 16.6. The molecular formula is C36H36F4N4O4S2. The molecule has 4 aromatic carbocycles. The molecule has 0 bridgehead atoms. The predicted molar refractivity (Wildman–Crippen MR) is 181 cm³/mol. The summed E-state index contributed by atoms with van der Waals surface area (Å²) in [5.41, 5.74) is 3.85. The normalized spacial score (nSPS) is 22.6. The van der Waals surface area contributed by atoms with Gasteiger partial charge in [0.15, 0.2) is 11.6 Å². The number of benzene rings is 4. The van der Waals surface area contributed by atoms with Crippen molar-refractivity contribution in [2.75, 3.05) is 36.8 Å². The van der Waals surface area contributed by atoms with E-state index in [1.54, 1.807) is 24.3 Å². The molecule has 4 aromatic rings. The minimum absolute atomic E-state index is 0.0657. The topological polar surface area (TPSA) is 116 Å². The molecule has 4 N–H and O–H groups in total. The summed E-state index contributed by atoms with van der Waals surface area (Å²) in [6.45, 7) is 3.63. The lowest BCUT2D eigenvalue weighted by molar-refractivity contribution is 0.504. The van der Waals surface area contributed by atoms with Crippen molar-refractivity contribution in [3.05, 3.63) is 107 Å². The van der Waals surface area contributed by atoms with E-state index in [-0.39, 0.29) is 37.5 Å². The molecule has 4 atom stereocenters. The number of halogens is 4. The van der Waals surface area contributed by atoms with Crippen LogP contribution in [0.1, 0.15) is 48.6 Å². The minimum Gasteiger partial charge on any atom is -0.381 e. The molecule has 0 aromatic heterocycles. The van der Waals surface area contributed by atoms with Crippen molar-refractivity contribution in [2.24, 2.45) is 0 Å². The Morgan fingerprint density at radius 3 is 1.42 bits per heavy atom. The summed E-state index contributed by atoms with van der Waals surface area (Å²) in [5.74, 6) is -3.55. The zero-order valence-electron chi connectivity index (χ0n) is 26.9. The first-order chi connectivity index (χ1) is 23.9. The third-order valence-corrected chi connectivity index (χ3v) is 13.5. The average molecular weight is 729 g/mol. The third-order valence-electron chi connectivity index (χ3n) is 10.00. The van der Waals surface area contributed by atoms with E-state index in [2.05, 4.69) is 21.3 Å². The number of fused-ring (bicyclic) bond motifs is 6. The fraction of sp³-hybridized carbons (Fsp3) is 0.333. The number of anilines is 2. The third kappa shape index (κ3) is 6.61. The van der Waals surface area contributed by atoms with Gasteiger partial charge in [-0.3, -0.25) is 0 Å². The quantitative estimate of drug-likeness (QED) is 0.147. The second kappa shape index (κ2) is 13.6. The van der Waals surface area contributed by atoms with E-state index in [1.807, 2.05) is 0 Å². The van der Waals surface area contributed by atoms with Crippen LogP contribution in [0.4, 0.5) is 28.9 Å². The van der Waals surface area contributed by atoms with E-state index >= 15 is 0 Å². The van der Waals surface area contributed by atoms with Gasteiger partial charge < -0.3 is 21.3 Å². The van der Waals surface area contributed by atoms with Crippen LogP contribution in [0.15, 0.2) is 92.4 Å². The molecule has 2 saturated heterocycles. The van der Waals surface area contributed by atoms with E-state index in [0.29, 0.717) is 12.1 Å². The van der Waals surface area contributed by atoms with Crippen molar-refractivity contribution in [1.82, 2.24) is 10.6 Å². The Morgan fingerprint density at radius 1 is 0.480 bits per heavy atom. The van der Waals surface area contributed by atoms with Crippen molar-refractivity contribution in [3.8, 4) is 0 Å². The average Bonchev–Trinajstić information content (AvgIpc) is 3.37. The highest BCUT2D eigenvalue weighted by Gasteiger charge is 2.35. The predicted octanol–water partition coefficient (Wildman–Crippen LogP) is 6.12. The molecule has 4 aliphatic rings. The van der Waals surface area contributed by atoms with Gasteiger partial charge in [0.05, 0.1) is 19.6 Å². The Kier molecular flexibility index (Phi) is 9.39. The van der Waals surface area contributed by atoms with Crippen molar-refractivity contribution in [3.63, 3.8) is 0 Å². The van der Waals surface area contributed by atoms with Crippen molar-refractivity contribution >= 4 is 31.0 Å². The van der Waals surface area contributed by atoms with Gasteiger partial charge in [0.2, 0.25) is 19.7 Å². The molecule has 0 amide bonds. The van der Waals surface area contributed by atoms with Crippen LogP contribution in [0, 0.1) is 23.3 Å². The van der Waals surface area contributed by atoms with Crippen LogP contribution >= 0.6 is 0 Å². The van der Waals surface area contributed by atoms with Crippen LogP contribution in [0.5, 0.6) is 0 Å². The fourth-order valence-electron chi connectivity index (χ4n) is 7.47. The molecule has 0 radical (unpaired) electrons. The van der Waals surface area contributed by atoms with Gasteiger partial charge in [0.1, 0.15) is 11.6 Å². The summed E-state index contributed by atoms with van der Waals surface area (Å²) in [6.07, 6.45) is 3.79. The van der Waals surface area contributed by atoms with E-state index in [4.69, 9.17) is 0 Å². The second-order valence-electron chi connectivity index (χ2n) is 13.1. The van der Waals surface area contributed by atoms with E-state index in [9.17, 15) is 34.4 Å². The van der Waals surface area contributed by atoms with Crippen LogP contribution < -0.4 is 21.3 Å². The lowest BCUT2D eigenvalue weighted by atomic mass is 9.91. The largest absolute Gasteiger partial charge is 0.381 e. The van der Waals surface area contributed by atoms with Crippen molar-refractivity contribution in [1.29, 1.82) is 0 Å². The Morgan fingerprint density at radius 2 is 0.920 bits per heavy atom. The summed E-state index contributed by atoms with van der Waals surface area (Å²) in [6, 6.07) is 15.5. The summed E-state index contributed by atoms with van der Waals surface area (Å²) in [5, 5.41) is 13.6. The molecule has 264 valence electrons. The standard InChI is InChI=1S/2C18H18F2N2O2S/c19-15-3-1-12(10-16(15)20)25(23,24)11-2-4-17-14(9-11)13-5-7-21-8-6-18(13)22-17;19-11-7-12(20)9-14(8-11)25(23,24)13-1-2-17-16(10-13)15-3-5-21-6-4-18(15)22-17/h1-4,9-10,13,18,21-22H,5-8H2;1-2,7-10,15,18,21-22H,3-6H2/t13-,18+;15-,18+/m00/s1. The molecule has 0 unspecified atom stereocenters. The van der Waals surface area contributed by atoms with Crippen molar-refractivity contribution in [2.45, 2.75) is 69.2 Å². The number of hydrogen-bond acceptors (Lipinski definition) is 8. The molecule has 14 heteroatoms. The van der Waals surface area contributed by atoms with Gasteiger partial charge >= 0.3 is 0 Å². The van der Waals surface area contributed by atoms with Gasteiger partial charge in [0.25, 0.3) is 0 Å². The molecule has 0 aliphatic carbocycles. The maximum Gasteiger partial charge on any atom is 0.206 e. The zero-order chi connectivity index (χ0) is 35.2. The van der Waals surface area contributed by atoms with Crippen LogP contribution in [-0.4, -0.2) is 55.1 Å². The minimum atomic E-state index is -3.98. The summed E-state index contributed by atoms with van der Waals surface area (Å²) >= 11 is 0. The van der Waals surface area contributed by atoms with Gasteiger partial charge in [-0.25, -0.2) is 34.4 Å². The van der Waals surface area contributed by atoms with Gasteiger partial charge in [0, 0.05) is 41.4 Å². The highest BCUT2D eigenvalue weighted by molar-refractivity contribution is 7.91. The number of nitrogens with one attached hydrogen (secondary N) is 4. The van der Waals surface area contributed by atoms with E-state index in [0.717, 1.165) is 105 Å². The molecule has 2 fully saturated rings. The Bertz CT molecular complexity index is 2150. The molecule has 4 heterocycles. The molecule has 8 rings (SSSR count). The molecule has 8 nitrogen and oxygen atoms in total. The number of hydrogen-bond donors (Lipinski definition) is 4. The van der Waals surface area contributed by atoms with Gasteiger partial charge in [-0.1, -0.05) is 0 Å². The Hall–Kier alpha value is -3.98. The smallest absolute Gasteiger partial charge is 0.206 e. The lowest BCUT2D eigenvalue weighted by Gasteiger charge is -2.16. The lowest BCUT2D eigenvalue weighted by Crippen LogP contribution is -2.21. The molecule has 50 heavy (non-hydrogen) atoms. The van der Waals surface area contributed by atoms with Crippen LogP contribution in [0.3, 0.4) is 0 Å². The highest BCUT2D eigenvalue weighted by Crippen LogP contribution is 2.43. The van der Waals surface area contributed by atoms with E-state index in [1.165, 1.54) is 12.1 Å². The fourth-order valence-corrected chi connectivity index (χ4v) is 10.1. The maximum atomic E-state index is 13.5. The van der Waals surface area contributed by atoms with Crippen molar-refractivity contribution < 1.29 is 34.4 Å². The van der Waals surface area contributed by atoms with E-state index < -0.39 is 42.9 Å². The Balaban J connectivity index is 0.000000157. The monoisotopic (exact) mass is 728 g/mol. The van der Waals surface area contributed by atoms with Crippen LogP contribution in [-0.2, 0) is 19.7 Å². The zero-order valence-corrected chi connectivity index (χ0v) is 28.5. The van der Waals surface area contributed by atoms with Crippen LogP contribution in [0.2, 0.25) is 0 Å². The Labute approximate surface area is 288 Å². The van der Waals surface area contributed by atoms with Gasteiger partial charge in [-0.15, -0.1) is 0 Å². The molecule has 0 spiro atoms. The summed E-state index contributed by atoms with van der Waals surface area (Å²) in [7, 11) is -7.87. The molecule has 4 aliphatic heterocycles. The highest BCUT2D eigenvalue weighted by atomic mass is 32.2. The first kappa shape index (κ1) is 34.5. The van der Waals surface area contributed by atoms with Crippen LogP contribution in [0.25, 0.3) is 0 Å². The molecule has 0 saturated carbocycles. The second-order valence-corrected chi connectivity index (χ2v) is 17.0. The summed E-state index contributed by atoms with van der Waals surface area (Å²) < 4.78 is 105. The SMILES string of the molecule is O=S(=O)(c1cc(F)cc(F)c1)c1ccc2c(c1)[C@@H]1CCNCC[C@H]1N2.O=S(=O)(c1ccc(F)c(F)c1)c1ccc2c(c1)[C@@H]1CCNCC[C@H]1N2.